The molecule has 0 bridgehead atoms. The lowest BCUT2D eigenvalue weighted by atomic mass is 10.0. The molecule has 1 unspecified atom stereocenters. The summed E-state index contributed by atoms with van der Waals surface area (Å²) in [5.74, 6) is -1.39. The number of hydrogen-bond acceptors (Lipinski definition) is 5. The van der Waals surface area contributed by atoms with Crippen LogP contribution in [-0.2, 0) is 23.8 Å². The van der Waals surface area contributed by atoms with Gasteiger partial charge >= 0.3 is 11.9 Å². The van der Waals surface area contributed by atoms with E-state index in [2.05, 4.69) is 4.74 Å². The average molecular weight is 232 g/mol. The lowest BCUT2D eigenvalue weighted by molar-refractivity contribution is -0.189. The number of methoxy groups -OCH3 is 1. The summed E-state index contributed by atoms with van der Waals surface area (Å²) in [6.07, 6.45) is 0.884. The van der Waals surface area contributed by atoms with Crippen LogP contribution in [0, 0.1) is 0 Å². The molecule has 0 rings (SSSR count). The van der Waals surface area contributed by atoms with Crippen LogP contribution in [0.2, 0.25) is 0 Å². The molecular weight excluding hydrogens is 212 g/mol. The maximum absolute atomic E-state index is 11.8. The molecule has 16 heavy (non-hydrogen) atoms. The minimum absolute atomic E-state index is 0.191. The predicted octanol–water partition coefficient (Wildman–Crippen LogP) is 1.30. The molecule has 0 heterocycles. The Labute approximate surface area is 96.1 Å². The van der Waals surface area contributed by atoms with E-state index in [1.807, 2.05) is 6.92 Å². The highest BCUT2D eigenvalue weighted by molar-refractivity contribution is 6.03. The van der Waals surface area contributed by atoms with Crippen LogP contribution < -0.4 is 0 Å². The van der Waals surface area contributed by atoms with Crippen LogP contribution in [0.5, 0.6) is 0 Å². The van der Waals surface area contributed by atoms with Gasteiger partial charge in [0.05, 0.1) is 13.7 Å². The molecule has 0 aromatic rings. The highest BCUT2D eigenvalue weighted by atomic mass is 16.6. The first kappa shape index (κ1) is 14.9. The molecule has 1 atom stereocenters. The number of hydrogen-bond donors (Lipinski definition) is 0. The monoisotopic (exact) mass is 232 g/mol. The fourth-order valence-electron chi connectivity index (χ4n) is 1.31. The quantitative estimate of drug-likeness (QED) is 0.489. The second kappa shape index (κ2) is 7.22. The van der Waals surface area contributed by atoms with Crippen LogP contribution >= 0.6 is 0 Å². The number of carbonyl (C=O) groups excluding carboxylic acids is 2. The molecule has 0 amide bonds. The molecule has 0 N–H and O–H groups in total. The number of rotatable bonds is 7. The van der Waals surface area contributed by atoms with Crippen molar-refractivity contribution >= 4 is 11.9 Å². The van der Waals surface area contributed by atoms with Gasteiger partial charge in [-0.25, -0.2) is 9.59 Å². The summed E-state index contributed by atoms with van der Waals surface area (Å²) in [6.45, 7) is 5.77. The minimum atomic E-state index is -1.61. The lowest BCUT2D eigenvalue weighted by Crippen LogP contribution is -2.50. The molecule has 94 valence electrons. The van der Waals surface area contributed by atoms with E-state index < -0.39 is 17.5 Å². The van der Waals surface area contributed by atoms with Gasteiger partial charge in [0.15, 0.2) is 0 Å². The Balaban J connectivity index is 4.87. The Morgan fingerprint density at radius 2 is 1.75 bits per heavy atom. The van der Waals surface area contributed by atoms with Crippen LogP contribution in [0.25, 0.3) is 0 Å². The Kier molecular flexibility index (Phi) is 6.72. The first-order valence-electron chi connectivity index (χ1n) is 5.48. The van der Waals surface area contributed by atoms with Gasteiger partial charge < -0.3 is 14.2 Å². The third-order valence-electron chi connectivity index (χ3n) is 2.17. The number of esters is 2. The molecule has 0 aromatic carbocycles. The van der Waals surface area contributed by atoms with E-state index in [4.69, 9.17) is 9.47 Å². The molecule has 0 aliphatic heterocycles. The SMILES string of the molecule is CCCOC(=O)C(CC)(OCC)C(=O)OC. The molecule has 5 nitrogen and oxygen atoms in total. The average Bonchev–Trinajstić information content (AvgIpc) is 2.31. The second-order valence-corrected chi connectivity index (χ2v) is 3.24. The largest absolute Gasteiger partial charge is 0.466 e. The number of ether oxygens (including phenoxy) is 3. The van der Waals surface area contributed by atoms with E-state index in [0.717, 1.165) is 0 Å². The zero-order valence-corrected chi connectivity index (χ0v) is 10.4. The van der Waals surface area contributed by atoms with E-state index >= 15 is 0 Å². The Morgan fingerprint density at radius 1 is 1.12 bits per heavy atom. The summed E-state index contributed by atoms with van der Waals surface area (Å²) in [5, 5.41) is 0. The fraction of sp³-hybridized carbons (Fsp3) is 0.818. The standard InChI is InChI=1S/C11H20O5/c1-5-8-15-10(13)11(6-2,16-7-3)9(12)14-4/h5-8H2,1-4H3. The Bertz CT molecular complexity index is 239. The van der Waals surface area contributed by atoms with Gasteiger partial charge in [-0.3, -0.25) is 0 Å². The van der Waals surface area contributed by atoms with Gasteiger partial charge in [-0.05, 0) is 19.8 Å². The molecule has 0 saturated carbocycles. The highest BCUT2D eigenvalue weighted by Crippen LogP contribution is 2.20. The van der Waals surface area contributed by atoms with Crippen molar-refractivity contribution in [3.63, 3.8) is 0 Å². The normalized spacial score (nSPS) is 14.0. The van der Waals surface area contributed by atoms with Crippen molar-refractivity contribution in [2.45, 2.75) is 39.2 Å². The molecule has 0 saturated heterocycles. The van der Waals surface area contributed by atoms with Crippen molar-refractivity contribution in [3.8, 4) is 0 Å². The third-order valence-corrected chi connectivity index (χ3v) is 2.17. The van der Waals surface area contributed by atoms with Crippen LogP contribution in [0.1, 0.15) is 33.6 Å². The molecule has 0 fully saturated rings. The molecule has 0 aromatic heterocycles. The first-order valence-corrected chi connectivity index (χ1v) is 5.48. The maximum Gasteiger partial charge on any atom is 0.350 e. The lowest BCUT2D eigenvalue weighted by Gasteiger charge is -2.26. The van der Waals surface area contributed by atoms with Crippen LogP contribution in [0.4, 0.5) is 0 Å². The smallest absolute Gasteiger partial charge is 0.350 e. The van der Waals surface area contributed by atoms with E-state index in [1.54, 1.807) is 13.8 Å². The Morgan fingerprint density at radius 3 is 2.12 bits per heavy atom. The third kappa shape index (κ3) is 3.20. The van der Waals surface area contributed by atoms with Gasteiger partial charge in [0.2, 0.25) is 0 Å². The fourth-order valence-corrected chi connectivity index (χ4v) is 1.31. The van der Waals surface area contributed by atoms with E-state index in [0.29, 0.717) is 6.42 Å². The van der Waals surface area contributed by atoms with Crippen LogP contribution in [0.15, 0.2) is 0 Å². The van der Waals surface area contributed by atoms with Crippen molar-refractivity contribution in [1.82, 2.24) is 0 Å². The van der Waals surface area contributed by atoms with E-state index in [9.17, 15) is 9.59 Å². The van der Waals surface area contributed by atoms with Crippen molar-refractivity contribution in [2.24, 2.45) is 0 Å². The van der Waals surface area contributed by atoms with Crippen molar-refractivity contribution in [1.29, 1.82) is 0 Å². The second-order valence-electron chi connectivity index (χ2n) is 3.24. The summed E-state index contributed by atoms with van der Waals surface area (Å²) in [6, 6.07) is 0. The molecule has 0 spiro atoms. The zero-order chi connectivity index (χ0) is 12.6. The molecule has 0 radical (unpaired) electrons. The maximum atomic E-state index is 11.8. The van der Waals surface area contributed by atoms with Crippen molar-refractivity contribution < 1.29 is 23.8 Å². The summed E-state index contributed by atoms with van der Waals surface area (Å²) in [5.41, 5.74) is -1.61. The predicted molar refractivity (Wildman–Crippen MR) is 57.9 cm³/mol. The van der Waals surface area contributed by atoms with Gasteiger partial charge in [-0.1, -0.05) is 13.8 Å². The van der Waals surface area contributed by atoms with Crippen LogP contribution in [-0.4, -0.2) is 37.9 Å². The van der Waals surface area contributed by atoms with Gasteiger partial charge in [-0.2, -0.15) is 0 Å². The molecular formula is C11H20O5. The number of carbonyl (C=O) groups is 2. The van der Waals surface area contributed by atoms with Crippen molar-refractivity contribution in [2.75, 3.05) is 20.3 Å². The van der Waals surface area contributed by atoms with Gasteiger partial charge in [0.1, 0.15) is 0 Å². The molecule has 0 aliphatic rings. The van der Waals surface area contributed by atoms with Gasteiger partial charge in [-0.15, -0.1) is 0 Å². The summed E-state index contributed by atoms with van der Waals surface area (Å²) in [4.78, 5) is 23.4. The summed E-state index contributed by atoms with van der Waals surface area (Å²) < 4.78 is 14.8. The first-order chi connectivity index (χ1) is 7.58. The molecule has 0 aliphatic carbocycles. The summed E-state index contributed by atoms with van der Waals surface area (Å²) >= 11 is 0. The highest BCUT2D eigenvalue weighted by Gasteiger charge is 2.48. The summed E-state index contributed by atoms with van der Waals surface area (Å²) in [7, 11) is 1.22. The van der Waals surface area contributed by atoms with Gasteiger partial charge in [0.25, 0.3) is 5.60 Å². The van der Waals surface area contributed by atoms with Crippen LogP contribution in [0.3, 0.4) is 0 Å². The topological polar surface area (TPSA) is 61.8 Å². The van der Waals surface area contributed by atoms with E-state index in [1.165, 1.54) is 7.11 Å². The Hall–Kier alpha value is -1.10. The molecule has 5 heteroatoms. The van der Waals surface area contributed by atoms with E-state index in [-0.39, 0.29) is 19.6 Å². The van der Waals surface area contributed by atoms with Gasteiger partial charge in [0, 0.05) is 6.61 Å². The zero-order valence-electron chi connectivity index (χ0n) is 10.4. The van der Waals surface area contributed by atoms with Crippen molar-refractivity contribution in [3.05, 3.63) is 0 Å². The minimum Gasteiger partial charge on any atom is -0.466 e.